The van der Waals surface area contributed by atoms with E-state index in [4.69, 9.17) is 5.73 Å². The van der Waals surface area contributed by atoms with Crippen LogP contribution in [0.25, 0.3) is 34.4 Å². The Morgan fingerprint density at radius 1 is 0.464 bits per heavy atom. The van der Waals surface area contributed by atoms with Crippen molar-refractivity contribution in [1.82, 2.24) is 0 Å². The zero-order chi connectivity index (χ0) is 19.2. The van der Waals surface area contributed by atoms with Crippen molar-refractivity contribution in [1.29, 1.82) is 0 Å². The van der Waals surface area contributed by atoms with Crippen molar-refractivity contribution in [2.75, 3.05) is 0 Å². The molecular formula is C27H23N. The molecule has 136 valence electrons. The van der Waals surface area contributed by atoms with E-state index in [-0.39, 0.29) is 0 Å². The van der Waals surface area contributed by atoms with Gasteiger partial charge in [-0.2, -0.15) is 0 Å². The lowest BCUT2D eigenvalue weighted by molar-refractivity contribution is 1.07. The summed E-state index contributed by atoms with van der Waals surface area (Å²) in [4.78, 5) is 0. The third-order valence-corrected chi connectivity index (χ3v) is 4.92. The van der Waals surface area contributed by atoms with Gasteiger partial charge in [-0.3, -0.25) is 0 Å². The van der Waals surface area contributed by atoms with Gasteiger partial charge in [0.05, 0.1) is 0 Å². The topological polar surface area (TPSA) is 26.0 Å². The van der Waals surface area contributed by atoms with Crippen molar-refractivity contribution in [2.24, 2.45) is 5.73 Å². The quantitative estimate of drug-likeness (QED) is 0.396. The van der Waals surface area contributed by atoms with Gasteiger partial charge in [0, 0.05) is 6.54 Å². The van der Waals surface area contributed by atoms with E-state index in [1.807, 2.05) is 6.07 Å². The SMILES string of the molecule is NCc1ccc(-c2ccc(/C=C\c3ccc(-c4ccccc4)cc3)cc2)cc1. The highest BCUT2D eigenvalue weighted by Gasteiger charge is 1.99. The fraction of sp³-hybridized carbons (Fsp3) is 0.0370. The van der Waals surface area contributed by atoms with E-state index < -0.39 is 0 Å². The molecule has 4 aromatic rings. The minimum atomic E-state index is 0.580. The summed E-state index contributed by atoms with van der Waals surface area (Å²) in [5.41, 5.74) is 14.1. The summed E-state index contributed by atoms with van der Waals surface area (Å²) in [5.74, 6) is 0. The number of rotatable bonds is 5. The van der Waals surface area contributed by atoms with Crippen molar-refractivity contribution in [3.05, 3.63) is 120 Å². The molecule has 1 heteroatoms. The lowest BCUT2D eigenvalue weighted by Gasteiger charge is -2.04. The average Bonchev–Trinajstić information content (AvgIpc) is 2.79. The van der Waals surface area contributed by atoms with Crippen molar-refractivity contribution in [2.45, 2.75) is 6.54 Å². The Kier molecular flexibility index (Phi) is 5.46. The monoisotopic (exact) mass is 361 g/mol. The van der Waals surface area contributed by atoms with Gasteiger partial charge in [-0.1, -0.05) is 115 Å². The first kappa shape index (κ1) is 18.0. The molecule has 0 fully saturated rings. The summed E-state index contributed by atoms with van der Waals surface area (Å²) in [6.07, 6.45) is 4.30. The van der Waals surface area contributed by atoms with Gasteiger partial charge in [0.1, 0.15) is 0 Å². The molecule has 0 unspecified atom stereocenters. The zero-order valence-corrected chi connectivity index (χ0v) is 15.8. The van der Waals surface area contributed by atoms with E-state index in [0.29, 0.717) is 6.54 Å². The fourth-order valence-electron chi connectivity index (χ4n) is 3.23. The van der Waals surface area contributed by atoms with Crippen molar-refractivity contribution in [3.8, 4) is 22.3 Å². The summed E-state index contributed by atoms with van der Waals surface area (Å²) >= 11 is 0. The summed E-state index contributed by atoms with van der Waals surface area (Å²) in [6, 6.07) is 36.2. The molecule has 4 aromatic carbocycles. The molecule has 0 bridgehead atoms. The Morgan fingerprint density at radius 2 is 0.857 bits per heavy atom. The van der Waals surface area contributed by atoms with Gasteiger partial charge in [0.25, 0.3) is 0 Å². The largest absolute Gasteiger partial charge is 0.326 e. The second-order valence-corrected chi connectivity index (χ2v) is 6.84. The Hall–Kier alpha value is -3.42. The lowest BCUT2D eigenvalue weighted by atomic mass is 10.0. The molecule has 1 nitrogen and oxygen atoms in total. The van der Waals surface area contributed by atoms with Crippen LogP contribution < -0.4 is 5.73 Å². The normalized spacial score (nSPS) is 11.0. The van der Waals surface area contributed by atoms with E-state index in [2.05, 4.69) is 109 Å². The summed E-state index contributed by atoms with van der Waals surface area (Å²) in [5, 5.41) is 0. The Labute approximate surface area is 166 Å². The minimum Gasteiger partial charge on any atom is -0.326 e. The first-order valence-electron chi connectivity index (χ1n) is 9.55. The first-order valence-corrected chi connectivity index (χ1v) is 9.55. The van der Waals surface area contributed by atoms with Crippen LogP contribution >= 0.6 is 0 Å². The van der Waals surface area contributed by atoms with E-state index in [0.717, 1.165) is 5.56 Å². The van der Waals surface area contributed by atoms with E-state index in [9.17, 15) is 0 Å². The first-order chi connectivity index (χ1) is 13.8. The zero-order valence-electron chi connectivity index (χ0n) is 15.8. The second-order valence-electron chi connectivity index (χ2n) is 6.84. The highest BCUT2D eigenvalue weighted by Crippen LogP contribution is 2.22. The third kappa shape index (κ3) is 4.28. The molecule has 0 saturated carbocycles. The molecule has 0 heterocycles. The Morgan fingerprint density at radius 3 is 1.29 bits per heavy atom. The molecule has 0 aliphatic rings. The van der Waals surface area contributed by atoms with Crippen LogP contribution in [0.15, 0.2) is 103 Å². The maximum Gasteiger partial charge on any atom is 0.0178 e. The predicted molar refractivity (Wildman–Crippen MR) is 121 cm³/mol. The van der Waals surface area contributed by atoms with Crippen molar-refractivity contribution >= 4 is 12.2 Å². The van der Waals surface area contributed by atoms with Crippen molar-refractivity contribution < 1.29 is 0 Å². The molecule has 0 aliphatic heterocycles. The van der Waals surface area contributed by atoms with Crippen LogP contribution in [0, 0.1) is 0 Å². The number of hydrogen-bond acceptors (Lipinski definition) is 1. The van der Waals surface area contributed by atoms with Gasteiger partial charge in [-0.15, -0.1) is 0 Å². The molecule has 0 aromatic heterocycles. The second kappa shape index (κ2) is 8.51. The van der Waals surface area contributed by atoms with Crippen LogP contribution in [0.5, 0.6) is 0 Å². The lowest BCUT2D eigenvalue weighted by Crippen LogP contribution is -1.95. The van der Waals surface area contributed by atoms with E-state index in [1.54, 1.807) is 0 Å². The molecule has 0 aliphatic carbocycles. The Balaban J connectivity index is 1.45. The van der Waals surface area contributed by atoms with Crippen LogP contribution in [0.4, 0.5) is 0 Å². The van der Waals surface area contributed by atoms with Gasteiger partial charge < -0.3 is 5.73 Å². The number of benzene rings is 4. The number of hydrogen-bond donors (Lipinski definition) is 1. The molecular weight excluding hydrogens is 338 g/mol. The smallest absolute Gasteiger partial charge is 0.0178 e. The van der Waals surface area contributed by atoms with Crippen LogP contribution in [0.3, 0.4) is 0 Å². The van der Waals surface area contributed by atoms with Gasteiger partial charge in [0.2, 0.25) is 0 Å². The third-order valence-electron chi connectivity index (χ3n) is 4.92. The van der Waals surface area contributed by atoms with Gasteiger partial charge >= 0.3 is 0 Å². The van der Waals surface area contributed by atoms with Gasteiger partial charge in [-0.25, -0.2) is 0 Å². The summed E-state index contributed by atoms with van der Waals surface area (Å²) in [6.45, 7) is 0.580. The maximum atomic E-state index is 5.67. The summed E-state index contributed by atoms with van der Waals surface area (Å²) in [7, 11) is 0. The maximum absolute atomic E-state index is 5.67. The van der Waals surface area contributed by atoms with Crippen LogP contribution in [-0.2, 0) is 6.54 Å². The minimum absolute atomic E-state index is 0.580. The molecule has 0 radical (unpaired) electrons. The van der Waals surface area contributed by atoms with Gasteiger partial charge in [0.15, 0.2) is 0 Å². The highest BCUT2D eigenvalue weighted by molar-refractivity contribution is 5.73. The van der Waals surface area contributed by atoms with Crippen LogP contribution in [0.1, 0.15) is 16.7 Å². The van der Waals surface area contributed by atoms with Crippen molar-refractivity contribution in [3.63, 3.8) is 0 Å². The molecule has 2 N–H and O–H groups in total. The van der Waals surface area contributed by atoms with Crippen LogP contribution in [0.2, 0.25) is 0 Å². The highest BCUT2D eigenvalue weighted by atomic mass is 14.5. The Bertz CT molecular complexity index is 1040. The molecule has 0 amide bonds. The molecule has 0 spiro atoms. The average molecular weight is 361 g/mol. The van der Waals surface area contributed by atoms with E-state index >= 15 is 0 Å². The van der Waals surface area contributed by atoms with E-state index in [1.165, 1.54) is 33.4 Å². The molecule has 4 rings (SSSR count). The number of nitrogens with two attached hydrogens (primary N) is 1. The van der Waals surface area contributed by atoms with Gasteiger partial charge in [-0.05, 0) is 38.9 Å². The molecule has 28 heavy (non-hydrogen) atoms. The molecule has 0 atom stereocenters. The predicted octanol–water partition coefficient (Wildman–Crippen LogP) is 6.65. The van der Waals surface area contributed by atoms with Crippen LogP contribution in [-0.4, -0.2) is 0 Å². The standard InChI is InChI=1S/C27H23N/c28-20-23-12-18-27(19-13-23)26-16-10-22(11-17-26)7-6-21-8-14-25(15-9-21)24-4-2-1-3-5-24/h1-19H,20,28H2/b7-6-. The summed E-state index contributed by atoms with van der Waals surface area (Å²) < 4.78 is 0. The fourth-order valence-corrected chi connectivity index (χ4v) is 3.23. The molecule has 0 saturated heterocycles.